The lowest BCUT2D eigenvalue weighted by Gasteiger charge is -2.13. The molecule has 0 aliphatic rings. The van der Waals surface area contributed by atoms with Crippen LogP contribution in [-0.2, 0) is 6.61 Å². The molecule has 0 amide bonds. The quantitative estimate of drug-likeness (QED) is 0.890. The molecule has 2 aromatic rings. The van der Waals surface area contributed by atoms with Crippen LogP contribution < -0.4 is 9.47 Å². The molecule has 1 N–H and O–H groups in total. The van der Waals surface area contributed by atoms with E-state index < -0.39 is 6.10 Å². The van der Waals surface area contributed by atoms with Crippen molar-refractivity contribution in [3.63, 3.8) is 0 Å². The van der Waals surface area contributed by atoms with E-state index >= 15 is 0 Å². The lowest BCUT2D eigenvalue weighted by atomic mass is 10.1. The summed E-state index contributed by atoms with van der Waals surface area (Å²) in [5.74, 6) is 2.06. The molecule has 2 rings (SSSR count). The van der Waals surface area contributed by atoms with Gasteiger partial charge in [-0.1, -0.05) is 0 Å². The Morgan fingerprint density at radius 1 is 1.37 bits per heavy atom. The average Bonchev–Trinajstić information content (AvgIpc) is 2.81. The van der Waals surface area contributed by atoms with Crippen LogP contribution in [0.3, 0.4) is 0 Å². The van der Waals surface area contributed by atoms with Crippen LogP contribution >= 0.6 is 0 Å². The normalized spacial score (nSPS) is 12.2. The van der Waals surface area contributed by atoms with Crippen LogP contribution in [0.5, 0.6) is 11.5 Å². The maximum absolute atomic E-state index is 9.70. The van der Waals surface area contributed by atoms with Gasteiger partial charge in [0, 0.05) is 18.6 Å². The van der Waals surface area contributed by atoms with Crippen molar-refractivity contribution in [1.82, 2.24) is 10.2 Å². The average molecular weight is 264 g/mol. The number of benzene rings is 1. The molecule has 0 aliphatic heterocycles. The number of aliphatic hydroxyl groups excluding tert-OH is 1. The SMILES string of the molecule is COc1ccc(C(C)O)c(OCc2nnc(C)o2)c1. The van der Waals surface area contributed by atoms with Gasteiger partial charge in [-0.3, -0.25) is 0 Å². The number of hydrogen-bond acceptors (Lipinski definition) is 6. The molecule has 0 radical (unpaired) electrons. The van der Waals surface area contributed by atoms with Gasteiger partial charge in [-0.2, -0.15) is 0 Å². The minimum Gasteiger partial charge on any atom is -0.497 e. The Kier molecular flexibility index (Phi) is 4.01. The second-order valence-electron chi connectivity index (χ2n) is 4.08. The molecule has 1 heterocycles. The fourth-order valence-corrected chi connectivity index (χ4v) is 1.65. The lowest BCUT2D eigenvalue weighted by molar-refractivity contribution is 0.186. The highest BCUT2D eigenvalue weighted by atomic mass is 16.5. The second kappa shape index (κ2) is 5.71. The van der Waals surface area contributed by atoms with Gasteiger partial charge in [0.1, 0.15) is 11.5 Å². The maximum atomic E-state index is 9.70. The van der Waals surface area contributed by atoms with Crippen molar-refractivity contribution in [3.8, 4) is 11.5 Å². The minimum atomic E-state index is -0.634. The standard InChI is InChI=1S/C13H16N2O4/c1-8(16)11-5-4-10(17-3)6-12(11)18-7-13-15-14-9(2)19-13/h4-6,8,16H,7H2,1-3H3. The van der Waals surface area contributed by atoms with Crippen molar-refractivity contribution in [2.45, 2.75) is 26.6 Å². The molecule has 1 aromatic carbocycles. The van der Waals surface area contributed by atoms with Gasteiger partial charge in [-0.05, 0) is 19.1 Å². The van der Waals surface area contributed by atoms with Crippen LogP contribution in [0.1, 0.15) is 30.4 Å². The van der Waals surface area contributed by atoms with Crippen molar-refractivity contribution in [2.75, 3.05) is 7.11 Å². The van der Waals surface area contributed by atoms with E-state index in [1.54, 1.807) is 39.2 Å². The number of nitrogens with zero attached hydrogens (tertiary/aromatic N) is 2. The predicted octanol–water partition coefficient (Wildman–Crippen LogP) is 2.02. The van der Waals surface area contributed by atoms with Crippen LogP contribution in [0.15, 0.2) is 22.6 Å². The first-order chi connectivity index (χ1) is 9.10. The van der Waals surface area contributed by atoms with Crippen molar-refractivity contribution in [2.24, 2.45) is 0 Å². The predicted molar refractivity (Wildman–Crippen MR) is 67.0 cm³/mol. The summed E-state index contributed by atoms with van der Waals surface area (Å²) in [7, 11) is 1.57. The first-order valence-electron chi connectivity index (χ1n) is 5.88. The zero-order valence-corrected chi connectivity index (χ0v) is 11.1. The molecule has 1 atom stereocenters. The summed E-state index contributed by atoms with van der Waals surface area (Å²) in [5.41, 5.74) is 0.678. The van der Waals surface area contributed by atoms with E-state index in [2.05, 4.69) is 10.2 Å². The van der Waals surface area contributed by atoms with E-state index in [1.165, 1.54) is 0 Å². The number of aliphatic hydroxyl groups is 1. The Bertz CT molecular complexity index is 551. The largest absolute Gasteiger partial charge is 0.497 e. The molecule has 19 heavy (non-hydrogen) atoms. The third kappa shape index (κ3) is 3.23. The molecule has 6 nitrogen and oxygen atoms in total. The molecule has 1 unspecified atom stereocenters. The third-order valence-corrected chi connectivity index (χ3v) is 2.59. The fraction of sp³-hybridized carbons (Fsp3) is 0.385. The molecule has 0 bridgehead atoms. The number of aryl methyl sites for hydroxylation is 1. The van der Waals surface area contributed by atoms with E-state index in [0.717, 1.165) is 0 Å². The zero-order chi connectivity index (χ0) is 13.8. The van der Waals surface area contributed by atoms with E-state index in [4.69, 9.17) is 13.9 Å². The first kappa shape index (κ1) is 13.4. The summed E-state index contributed by atoms with van der Waals surface area (Å²) in [5, 5.41) is 17.3. The van der Waals surface area contributed by atoms with Crippen LogP contribution in [0.25, 0.3) is 0 Å². The van der Waals surface area contributed by atoms with Gasteiger partial charge in [0.05, 0.1) is 13.2 Å². The van der Waals surface area contributed by atoms with Crippen LogP contribution in [-0.4, -0.2) is 22.4 Å². The number of ether oxygens (including phenoxy) is 2. The van der Waals surface area contributed by atoms with Crippen LogP contribution in [0.4, 0.5) is 0 Å². The van der Waals surface area contributed by atoms with Gasteiger partial charge in [-0.15, -0.1) is 10.2 Å². The summed E-state index contributed by atoms with van der Waals surface area (Å²) < 4.78 is 16.0. The van der Waals surface area contributed by atoms with Gasteiger partial charge in [0.25, 0.3) is 5.89 Å². The molecular formula is C13H16N2O4. The fourth-order valence-electron chi connectivity index (χ4n) is 1.65. The maximum Gasteiger partial charge on any atom is 0.253 e. The summed E-state index contributed by atoms with van der Waals surface area (Å²) in [6.07, 6.45) is -0.634. The van der Waals surface area contributed by atoms with Gasteiger partial charge in [-0.25, -0.2) is 0 Å². The molecule has 0 saturated heterocycles. The second-order valence-corrected chi connectivity index (χ2v) is 4.08. The van der Waals surface area contributed by atoms with Crippen molar-refractivity contribution < 1.29 is 19.0 Å². The molecule has 1 aromatic heterocycles. The summed E-state index contributed by atoms with van der Waals surface area (Å²) in [6.45, 7) is 3.53. The topological polar surface area (TPSA) is 77.6 Å². The lowest BCUT2D eigenvalue weighted by Crippen LogP contribution is -2.02. The van der Waals surface area contributed by atoms with Gasteiger partial charge in [0.2, 0.25) is 5.89 Å². The highest BCUT2D eigenvalue weighted by Gasteiger charge is 2.12. The highest BCUT2D eigenvalue weighted by Crippen LogP contribution is 2.30. The van der Waals surface area contributed by atoms with Crippen molar-refractivity contribution >= 4 is 0 Å². The molecule has 6 heteroatoms. The molecule has 0 saturated carbocycles. The summed E-state index contributed by atoms with van der Waals surface area (Å²) in [4.78, 5) is 0. The van der Waals surface area contributed by atoms with Gasteiger partial charge < -0.3 is 19.0 Å². The Balaban J connectivity index is 2.17. The van der Waals surface area contributed by atoms with Gasteiger partial charge >= 0.3 is 0 Å². The summed E-state index contributed by atoms with van der Waals surface area (Å²) in [6, 6.07) is 5.24. The smallest absolute Gasteiger partial charge is 0.253 e. The molecule has 0 spiro atoms. The van der Waals surface area contributed by atoms with Crippen LogP contribution in [0, 0.1) is 6.92 Å². The van der Waals surface area contributed by atoms with Gasteiger partial charge in [0.15, 0.2) is 6.61 Å². The number of rotatable bonds is 5. The Morgan fingerprint density at radius 3 is 2.74 bits per heavy atom. The first-order valence-corrected chi connectivity index (χ1v) is 5.88. The van der Waals surface area contributed by atoms with E-state index in [0.29, 0.717) is 28.8 Å². The molecular weight excluding hydrogens is 248 g/mol. The Morgan fingerprint density at radius 2 is 2.16 bits per heavy atom. The zero-order valence-electron chi connectivity index (χ0n) is 11.1. The van der Waals surface area contributed by atoms with E-state index in [1.807, 2.05) is 0 Å². The third-order valence-electron chi connectivity index (χ3n) is 2.59. The molecule has 0 fully saturated rings. The minimum absolute atomic E-state index is 0.147. The molecule has 0 aliphatic carbocycles. The van der Waals surface area contributed by atoms with Crippen molar-refractivity contribution in [1.29, 1.82) is 0 Å². The Labute approximate surface area is 111 Å². The Hall–Kier alpha value is -2.08. The van der Waals surface area contributed by atoms with Crippen molar-refractivity contribution in [3.05, 3.63) is 35.5 Å². The number of hydrogen-bond donors (Lipinski definition) is 1. The highest BCUT2D eigenvalue weighted by molar-refractivity contribution is 5.41. The monoisotopic (exact) mass is 264 g/mol. The molecule has 102 valence electrons. The number of methoxy groups -OCH3 is 1. The summed E-state index contributed by atoms with van der Waals surface area (Å²) >= 11 is 0. The van der Waals surface area contributed by atoms with E-state index in [9.17, 15) is 5.11 Å². The van der Waals surface area contributed by atoms with E-state index in [-0.39, 0.29) is 6.61 Å². The van der Waals surface area contributed by atoms with Crippen LogP contribution in [0.2, 0.25) is 0 Å². The number of aromatic nitrogens is 2.